The van der Waals surface area contributed by atoms with Crippen molar-refractivity contribution in [1.29, 1.82) is 0 Å². The fourth-order valence-electron chi connectivity index (χ4n) is 1.72. The zero-order chi connectivity index (χ0) is 12.7. The molecule has 1 aromatic carbocycles. The average Bonchev–Trinajstić information content (AvgIpc) is 2.38. The molecule has 0 fully saturated rings. The Balaban J connectivity index is 0.00000289. The molecule has 0 aromatic heterocycles. The highest BCUT2D eigenvalue weighted by Gasteiger charge is 2.09. The number of hydrogen-bond donors (Lipinski definition) is 2. The second-order valence-electron chi connectivity index (χ2n) is 4.04. The van der Waals surface area contributed by atoms with E-state index < -0.39 is 0 Å². The van der Waals surface area contributed by atoms with Gasteiger partial charge in [0.1, 0.15) is 11.5 Å². The Morgan fingerprint density at radius 3 is 2.06 bits per heavy atom. The van der Waals surface area contributed by atoms with E-state index in [0.717, 1.165) is 36.3 Å². The number of ether oxygens (including phenoxy) is 2. The van der Waals surface area contributed by atoms with Crippen molar-refractivity contribution >= 4 is 12.4 Å². The van der Waals surface area contributed by atoms with Crippen molar-refractivity contribution in [2.75, 3.05) is 20.8 Å². The first-order valence-electron chi connectivity index (χ1n) is 5.90. The van der Waals surface area contributed by atoms with Crippen molar-refractivity contribution in [2.45, 2.75) is 25.3 Å². The molecule has 0 radical (unpaired) electrons. The van der Waals surface area contributed by atoms with Gasteiger partial charge in [-0.1, -0.05) is 6.42 Å². The van der Waals surface area contributed by atoms with Crippen LogP contribution < -0.4 is 20.9 Å². The van der Waals surface area contributed by atoms with Gasteiger partial charge in [-0.15, -0.1) is 12.4 Å². The maximum absolute atomic E-state index is 6.13. The van der Waals surface area contributed by atoms with E-state index in [9.17, 15) is 0 Å². The van der Waals surface area contributed by atoms with Gasteiger partial charge in [-0.3, -0.25) is 0 Å². The highest BCUT2D eigenvalue weighted by atomic mass is 35.5. The molecule has 0 spiro atoms. The van der Waals surface area contributed by atoms with Crippen molar-refractivity contribution in [3.63, 3.8) is 0 Å². The summed E-state index contributed by atoms with van der Waals surface area (Å²) >= 11 is 0. The summed E-state index contributed by atoms with van der Waals surface area (Å²) < 4.78 is 10.4. The summed E-state index contributed by atoms with van der Waals surface area (Å²) in [5, 5.41) is 0. The monoisotopic (exact) mass is 274 g/mol. The molecule has 0 aliphatic rings. The molecule has 0 unspecified atom stereocenters. The first-order valence-corrected chi connectivity index (χ1v) is 5.90. The third-order valence-electron chi connectivity index (χ3n) is 2.77. The molecular weight excluding hydrogens is 252 g/mol. The summed E-state index contributed by atoms with van der Waals surface area (Å²) in [5.41, 5.74) is 12.6. The summed E-state index contributed by atoms with van der Waals surface area (Å²) in [7, 11) is 3.27. The fourth-order valence-corrected chi connectivity index (χ4v) is 1.72. The van der Waals surface area contributed by atoms with Crippen LogP contribution in [-0.4, -0.2) is 20.8 Å². The van der Waals surface area contributed by atoms with E-state index in [4.69, 9.17) is 20.9 Å². The number of rotatable bonds is 7. The van der Waals surface area contributed by atoms with E-state index in [1.54, 1.807) is 14.2 Å². The molecule has 0 bridgehead atoms. The van der Waals surface area contributed by atoms with Crippen LogP contribution in [0.3, 0.4) is 0 Å². The lowest BCUT2D eigenvalue weighted by Gasteiger charge is -2.14. The van der Waals surface area contributed by atoms with Gasteiger partial charge in [-0.25, -0.2) is 0 Å². The molecule has 1 atom stereocenters. The van der Waals surface area contributed by atoms with E-state index >= 15 is 0 Å². The van der Waals surface area contributed by atoms with Crippen LogP contribution in [-0.2, 0) is 0 Å². The summed E-state index contributed by atoms with van der Waals surface area (Å²) in [6.45, 7) is 0.716. The Kier molecular flexibility index (Phi) is 8.54. The maximum Gasteiger partial charge on any atom is 0.122 e. The number of benzene rings is 1. The Labute approximate surface area is 115 Å². The number of methoxy groups -OCH3 is 2. The van der Waals surface area contributed by atoms with Gasteiger partial charge in [0, 0.05) is 12.1 Å². The van der Waals surface area contributed by atoms with Crippen LogP contribution in [0.25, 0.3) is 0 Å². The molecule has 0 aliphatic heterocycles. The SMILES string of the molecule is COc1cc(OC)cc([C@H](N)CCCCN)c1.Cl. The molecule has 0 saturated heterocycles. The fraction of sp³-hybridized carbons (Fsp3) is 0.538. The van der Waals surface area contributed by atoms with Crippen LogP contribution in [0.2, 0.25) is 0 Å². The first kappa shape index (κ1) is 17.0. The van der Waals surface area contributed by atoms with Gasteiger partial charge < -0.3 is 20.9 Å². The van der Waals surface area contributed by atoms with E-state index in [1.807, 2.05) is 18.2 Å². The van der Waals surface area contributed by atoms with Crippen molar-refractivity contribution < 1.29 is 9.47 Å². The van der Waals surface area contributed by atoms with Gasteiger partial charge in [0.25, 0.3) is 0 Å². The number of hydrogen-bond acceptors (Lipinski definition) is 4. The second kappa shape index (κ2) is 9.03. The van der Waals surface area contributed by atoms with Crippen molar-refractivity contribution in [3.05, 3.63) is 23.8 Å². The molecule has 0 amide bonds. The number of halogens is 1. The van der Waals surface area contributed by atoms with Crippen LogP contribution >= 0.6 is 12.4 Å². The molecule has 4 nitrogen and oxygen atoms in total. The van der Waals surface area contributed by atoms with Crippen LogP contribution in [0.4, 0.5) is 0 Å². The van der Waals surface area contributed by atoms with Gasteiger partial charge in [-0.05, 0) is 37.1 Å². The lowest BCUT2D eigenvalue weighted by molar-refractivity contribution is 0.392. The molecule has 1 rings (SSSR count). The van der Waals surface area contributed by atoms with Gasteiger partial charge in [-0.2, -0.15) is 0 Å². The highest BCUT2D eigenvalue weighted by Crippen LogP contribution is 2.27. The molecule has 0 heterocycles. The Morgan fingerprint density at radius 2 is 1.61 bits per heavy atom. The normalized spacial score (nSPS) is 11.6. The quantitative estimate of drug-likeness (QED) is 0.748. The highest BCUT2D eigenvalue weighted by molar-refractivity contribution is 5.85. The van der Waals surface area contributed by atoms with Gasteiger partial charge in [0.05, 0.1) is 14.2 Å². The Bertz CT molecular complexity index is 326. The van der Waals surface area contributed by atoms with Crippen molar-refractivity contribution in [2.24, 2.45) is 11.5 Å². The minimum absolute atomic E-state index is 0. The average molecular weight is 275 g/mol. The molecule has 1 aromatic rings. The lowest BCUT2D eigenvalue weighted by atomic mass is 10.0. The van der Waals surface area contributed by atoms with Crippen molar-refractivity contribution in [1.82, 2.24) is 0 Å². The maximum atomic E-state index is 6.13. The largest absolute Gasteiger partial charge is 0.497 e. The zero-order valence-electron chi connectivity index (χ0n) is 11.0. The minimum Gasteiger partial charge on any atom is -0.497 e. The predicted molar refractivity (Wildman–Crippen MR) is 76.6 cm³/mol. The van der Waals surface area contributed by atoms with Crippen molar-refractivity contribution in [3.8, 4) is 11.5 Å². The molecule has 4 N–H and O–H groups in total. The minimum atomic E-state index is 0. The molecular formula is C13H23ClN2O2. The Hall–Kier alpha value is -0.970. The molecule has 104 valence electrons. The summed E-state index contributed by atoms with van der Waals surface area (Å²) in [5.74, 6) is 1.54. The van der Waals surface area contributed by atoms with Crippen LogP contribution in [0.5, 0.6) is 11.5 Å². The van der Waals surface area contributed by atoms with Crippen LogP contribution in [0, 0.1) is 0 Å². The number of unbranched alkanes of at least 4 members (excludes halogenated alkanes) is 1. The predicted octanol–water partition coefficient (Wildman–Crippen LogP) is 2.25. The van der Waals surface area contributed by atoms with Crippen LogP contribution in [0.1, 0.15) is 30.9 Å². The second-order valence-corrected chi connectivity index (χ2v) is 4.04. The molecule has 5 heteroatoms. The Morgan fingerprint density at radius 1 is 1.06 bits per heavy atom. The van der Waals surface area contributed by atoms with E-state index in [0.29, 0.717) is 6.54 Å². The first-order chi connectivity index (χ1) is 8.21. The smallest absolute Gasteiger partial charge is 0.122 e. The third-order valence-corrected chi connectivity index (χ3v) is 2.77. The lowest BCUT2D eigenvalue weighted by Crippen LogP contribution is -2.11. The molecule has 18 heavy (non-hydrogen) atoms. The van der Waals surface area contributed by atoms with E-state index in [2.05, 4.69) is 0 Å². The topological polar surface area (TPSA) is 70.5 Å². The summed E-state index contributed by atoms with van der Waals surface area (Å²) in [6, 6.07) is 5.76. The molecule has 0 aliphatic carbocycles. The van der Waals surface area contributed by atoms with Gasteiger partial charge in [0.2, 0.25) is 0 Å². The van der Waals surface area contributed by atoms with Gasteiger partial charge >= 0.3 is 0 Å². The molecule has 0 saturated carbocycles. The van der Waals surface area contributed by atoms with E-state index in [1.165, 1.54) is 0 Å². The zero-order valence-corrected chi connectivity index (χ0v) is 11.8. The standard InChI is InChI=1S/C13H22N2O2.ClH/c1-16-11-7-10(8-12(9-11)17-2)13(15)5-3-4-6-14;/h7-9,13H,3-6,14-15H2,1-2H3;1H/t13-;/m1./s1. The van der Waals surface area contributed by atoms with Gasteiger partial charge in [0.15, 0.2) is 0 Å². The summed E-state index contributed by atoms with van der Waals surface area (Å²) in [6.07, 6.45) is 2.97. The summed E-state index contributed by atoms with van der Waals surface area (Å²) in [4.78, 5) is 0. The van der Waals surface area contributed by atoms with E-state index in [-0.39, 0.29) is 18.4 Å². The van der Waals surface area contributed by atoms with Crippen LogP contribution in [0.15, 0.2) is 18.2 Å². The third kappa shape index (κ3) is 5.12. The number of nitrogens with two attached hydrogens (primary N) is 2.